The zero-order chi connectivity index (χ0) is 13.8. The van der Waals surface area contributed by atoms with Crippen LogP contribution in [0.25, 0.3) is 0 Å². The maximum atomic E-state index is 9.48. The van der Waals surface area contributed by atoms with Crippen LogP contribution >= 0.6 is 0 Å². The maximum Gasteiger partial charge on any atom is 0.122 e. The van der Waals surface area contributed by atoms with Crippen molar-refractivity contribution in [1.29, 1.82) is 0 Å². The van der Waals surface area contributed by atoms with Gasteiger partial charge in [-0.05, 0) is 57.9 Å². The van der Waals surface area contributed by atoms with Crippen LogP contribution in [-0.2, 0) is 4.74 Å². The number of hydrogen-bond donors (Lipinski definition) is 1. The Morgan fingerprint density at radius 2 is 1.89 bits per heavy atom. The minimum atomic E-state index is -0.443. The first-order valence-electron chi connectivity index (χ1n) is 6.35. The van der Waals surface area contributed by atoms with E-state index in [0.717, 1.165) is 16.9 Å². The van der Waals surface area contributed by atoms with Gasteiger partial charge in [0.1, 0.15) is 12.4 Å². The normalized spacial score (nSPS) is 13.4. The predicted octanol–water partition coefficient (Wildman–Crippen LogP) is 3.24. The average Bonchev–Trinajstić information content (AvgIpc) is 2.24. The van der Waals surface area contributed by atoms with E-state index in [0.29, 0.717) is 13.2 Å². The maximum absolute atomic E-state index is 9.48. The quantitative estimate of drug-likeness (QED) is 0.818. The summed E-state index contributed by atoms with van der Waals surface area (Å²) in [5.74, 6) is 0.844. The Hall–Kier alpha value is -1.06. The largest absolute Gasteiger partial charge is 0.491 e. The molecule has 3 heteroatoms. The van der Waals surface area contributed by atoms with Crippen molar-refractivity contribution in [3.8, 4) is 5.75 Å². The molecule has 0 heterocycles. The first-order chi connectivity index (χ1) is 8.29. The molecule has 0 aliphatic carbocycles. The van der Waals surface area contributed by atoms with E-state index in [2.05, 4.69) is 0 Å². The van der Waals surface area contributed by atoms with Crippen LogP contribution in [0.3, 0.4) is 0 Å². The molecular weight excluding hydrogens is 228 g/mol. The molecule has 1 aromatic carbocycles. The van der Waals surface area contributed by atoms with Crippen molar-refractivity contribution in [2.45, 2.75) is 46.3 Å². The highest BCUT2D eigenvalue weighted by Crippen LogP contribution is 2.22. The topological polar surface area (TPSA) is 38.7 Å². The van der Waals surface area contributed by atoms with Gasteiger partial charge in [-0.25, -0.2) is 0 Å². The molecule has 0 aliphatic heterocycles. The summed E-state index contributed by atoms with van der Waals surface area (Å²) in [5, 5.41) is 9.48. The molecule has 102 valence electrons. The third-order valence-electron chi connectivity index (χ3n) is 2.56. The number of aryl methyl sites for hydroxylation is 1. The van der Waals surface area contributed by atoms with Gasteiger partial charge in [-0.1, -0.05) is 6.07 Å². The third kappa shape index (κ3) is 5.07. The molecule has 1 atom stereocenters. The van der Waals surface area contributed by atoms with E-state index in [9.17, 15) is 5.11 Å². The van der Waals surface area contributed by atoms with Gasteiger partial charge in [-0.3, -0.25) is 0 Å². The summed E-state index contributed by atoms with van der Waals surface area (Å²) in [6, 6.07) is 5.73. The second kappa shape index (κ2) is 6.21. The molecule has 0 saturated carbocycles. The number of aliphatic hydroxyl groups is 1. The molecule has 0 aliphatic rings. The number of benzene rings is 1. The van der Waals surface area contributed by atoms with Crippen molar-refractivity contribution < 1.29 is 14.6 Å². The standard InChI is InChI=1S/C15H24O3/c1-11-10-13(12(2)16)6-7-14(11)17-8-9-18-15(3,4)5/h6-7,10,12,16H,8-9H2,1-5H3. The van der Waals surface area contributed by atoms with Crippen molar-refractivity contribution in [1.82, 2.24) is 0 Å². The lowest BCUT2D eigenvalue weighted by Crippen LogP contribution is -2.22. The van der Waals surface area contributed by atoms with Crippen LogP contribution in [-0.4, -0.2) is 23.9 Å². The fourth-order valence-corrected chi connectivity index (χ4v) is 1.59. The molecule has 0 fully saturated rings. The van der Waals surface area contributed by atoms with Crippen LogP contribution in [0.4, 0.5) is 0 Å². The molecular formula is C15H24O3. The fourth-order valence-electron chi connectivity index (χ4n) is 1.59. The summed E-state index contributed by atoms with van der Waals surface area (Å²) in [6.45, 7) is 10.9. The zero-order valence-electron chi connectivity index (χ0n) is 12.0. The molecule has 0 amide bonds. The van der Waals surface area contributed by atoms with Crippen LogP contribution < -0.4 is 4.74 Å². The van der Waals surface area contributed by atoms with Crippen molar-refractivity contribution in [3.05, 3.63) is 29.3 Å². The molecule has 0 saturated heterocycles. The lowest BCUT2D eigenvalue weighted by atomic mass is 10.1. The molecule has 1 aromatic rings. The second-order valence-electron chi connectivity index (χ2n) is 5.51. The number of aliphatic hydroxyl groups excluding tert-OH is 1. The highest BCUT2D eigenvalue weighted by atomic mass is 16.5. The van der Waals surface area contributed by atoms with E-state index in [1.165, 1.54) is 0 Å². The van der Waals surface area contributed by atoms with E-state index >= 15 is 0 Å². The molecule has 0 bridgehead atoms. The molecule has 1 N–H and O–H groups in total. The summed E-state index contributed by atoms with van der Waals surface area (Å²) in [7, 11) is 0. The van der Waals surface area contributed by atoms with Gasteiger partial charge in [0.2, 0.25) is 0 Å². The average molecular weight is 252 g/mol. The highest BCUT2D eigenvalue weighted by Gasteiger charge is 2.10. The summed E-state index contributed by atoms with van der Waals surface area (Å²) in [6.07, 6.45) is -0.443. The Morgan fingerprint density at radius 3 is 2.39 bits per heavy atom. The smallest absolute Gasteiger partial charge is 0.122 e. The van der Waals surface area contributed by atoms with Crippen LogP contribution in [0.2, 0.25) is 0 Å². The molecule has 1 unspecified atom stereocenters. The van der Waals surface area contributed by atoms with Gasteiger partial charge in [0, 0.05) is 0 Å². The minimum absolute atomic E-state index is 0.130. The number of hydrogen-bond acceptors (Lipinski definition) is 3. The van der Waals surface area contributed by atoms with Crippen LogP contribution in [0.15, 0.2) is 18.2 Å². The van der Waals surface area contributed by atoms with Crippen molar-refractivity contribution in [3.63, 3.8) is 0 Å². The minimum Gasteiger partial charge on any atom is -0.491 e. The number of ether oxygens (including phenoxy) is 2. The van der Waals surface area contributed by atoms with Gasteiger partial charge in [0.05, 0.1) is 18.3 Å². The first kappa shape index (κ1) is 15.0. The summed E-state index contributed by atoms with van der Waals surface area (Å²) < 4.78 is 11.2. The Balaban J connectivity index is 2.48. The van der Waals surface area contributed by atoms with Gasteiger partial charge < -0.3 is 14.6 Å². The Labute approximate surface area is 110 Å². The van der Waals surface area contributed by atoms with E-state index in [1.807, 2.05) is 45.9 Å². The molecule has 0 aromatic heterocycles. The van der Waals surface area contributed by atoms with Crippen LogP contribution in [0.5, 0.6) is 5.75 Å². The Kier molecular flexibility index (Phi) is 5.17. The molecule has 0 radical (unpaired) electrons. The molecule has 18 heavy (non-hydrogen) atoms. The lowest BCUT2D eigenvalue weighted by Gasteiger charge is -2.20. The number of rotatable bonds is 5. The van der Waals surface area contributed by atoms with Gasteiger partial charge >= 0.3 is 0 Å². The van der Waals surface area contributed by atoms with E-state index in [-0.39, 0.29) is 5.60 Å². The van der Waals surface area contributed by atoms with Crippen molar-refractivity contribution >= 4 is 0 Å². The Bertz CT molecular complexity index is 378. The van der Waals surface area contributed by atoms with Gasteiger partial charge in [-0.15, -0.1) is 0 Å². The second-order valence-corrected chi connectivity index (χ2v) is 5.51. The van der Waals surface area contributed by atoms with Crippen LogP contribution in [0.1, 0.15) is 44.9 Å². The zero-order valence-corrected chi connectivity index (χ0v) is 12.0. The van der Waals surface area contributed by atoms with Crippen molar-refractivity contribution in [2.24, 2.45) is 0 Å². The molecule has 3 nitrogen and oxygen atoms in total. The predicted molar refractivity (Wildman–Crippen MR) is 73.0 cm³/mol. The van der Waals surface area contributed by atoms with Crippen molar-refractivity contribution in [2.75, 3.05) is 13.2 Å². The third-order valence-corrected chi connectivity index (χ3v) is 2.56. The lowest BCUT2D eigenvalue weighted by molar-refractivity contribution is -0.0163. The van der Waals surface area contributed by atoms with Gasteiger partial charge in [0.15, 0.2) is 0 Å². The van der Waals surface area contributed by atoms with Gasteiger partial charge in [-0.2, -0.15) is 0 Å². The highest BCUT2D eigenvalue weighted by molar-refractivity contribution is 5.36. The molecule has 0 spiro atoms. The van der Waals surface area contributed by atoms with E-state index in [4.69, 9.17) is 9.47 Å². The van der Waals surface area contributed by atoms with Crippen LogP contribution in [0, 0.1) is 6.92 Å². The van der Waals surface area contributed by atoms with Gasteiger partial charge in [0.25, 0.3) is 0 Å². The fraction of sp³-hybridized carbons (Fsp3) is 0.600. The molecule has 1 rings (SSSR count). The summed E-state index contributed by atoms with van der Waals surface area (Å²) in [5.41, 5.74) is 1.81. The van der Waals surface area contributed by atoms with E-state index in [1.54, 1.807) is 6.92 Å². The SMILES string of the molecule is Cc1cc(C(C)O)ccc1OCCOC(C)(C)C. The summed E-state index contributed by atoms with van der Waals surface area (Å²) in [4.78, 5) is 0. The summed E-state index contributed by atoms with van der Waals surface area (Å²) >= 11 is 0. The first-order valence-corrected chi connectivity index (χ1v) is 6.35. The Morgan fingerprint density at radius 1 is 1.22 bits per heavy atom. The monoisotopic (exact) mass is 252 g/mol. The van der Waals surface area contributed by atoms with E-state index < -0.39 is 6.10 Å².